The number of nitrogens with one attached hydrogen (secondary N) is 1. The first kappa shape index (κ1) is 17.4. The van der Waals surface area contributed by atoms with Gasteiger partial charge >= 0.3 is 6.18 Å². The Labute approximate surface area is 139 Å². The van der Waals surface area contributed by atoms with Crippen LogP contribution in [-0.4, -0.2) is 16.1 Å². The van der Waals surface area contributed by atoms with Crippen LogP contribution in [0.4, 0.5) is 18.3 Å². The van der Waals surface area contributed by atoms with E-state index >= 15 is 0 Å². The van der Waals surface area contributed by atoms with Gasteiger partial charge in [0.15, 0.2) is 0 Å². The van der Waals surface area contributed by atoms with Gasteiger partial charge in [-0.1, -0.05) is 29.9 Å². The van der Waals surface area contributed by atoms with Crippen LogP contribution in [0.15, 0.2) is 24.3 Å². The number of aryl methyl sites for hydroxylation is 1. The summed E-state index contributed by atoms with van der Waals surface area (Å²) in [5.41, 5.74) is -0.734. The fraction of sp³-hybridized carbons (Fsp3) is 0.214. The Bertz CT molecular complexity index is 743. The van der Waals surface area contributed by atoms with Crippen LogP contribution in [0.2, 0.25) is 5.02 Å². The van der Waals surface area contributed by atoms with Crippen molar-refractivity contribution < 1.29 is 18.0 Å². The largest absolute Gasteiger partial charge is 0.416 e. The van der Waals surface area contributed by atoms with Crippen LogP contribution < -0.4 is 5.32 Å². The summed E-state index contributed by atoms with van der Waals surface area (Å²) in [6.45, 7) is 1.90. The molecule has 1 amide bonds. The van der Waals surface area contributed by atoms with Crippen molar-refractivity contribution in [3.8, 4) is 0 Å². The third-order valence-corrected chi connectivity index (χ3v) is 4.06. The molecule has 2 rings (SSSR count). The lowest BCUT2D eigenvalue weighted by atomic mass is 10.1. The van der Waals surface area contributed by atoms with Crippen molar-refractivity contribution in [1.29, 1.82) is 0 Å². The number of halogens is 4. The maximum atomic E-state index is 12.7. The van der Waals surface area contributed by atoms with Gasteiger partial charge in [-0.25, -0.2) is 0 Å². The van der Waals surface area contributed by atoms with E-state index in [0.717, 1.165) is 29.3 Å². The molecule has 1 aromatic heterocycles. The number of carbonyl (C=O) groups excluding carboxylic acids is 1. The van der Waals surface area contributed by atoms with Crippen molar-refractivity contribution in [3.63, 3.8) is 0 Å². The van der Waals surface area contributed by atoms with E-state index in [4.69, 9.17) is 11.6 Å². The molecule has 1 N–H and O–H groups in total. The average Bonchev–Trinajstić information content (AvgIpc) is 2.92. The molecule has 0 unspecified atom stereocenters. The summed E-state index contributed by atoms with van der Waals surface area (Å²) in [6, 6.07) is 2.90. The normalized spacial score (nSPS) is 11.9. The lowest BCUT2D eigenvalue weighted by Crippen LogP contribution is -2.07. The first-order chi connectivity index (χ1) is 10.8. The summed E-state index contributed by atoms with van der Waals surface area (Å²) in [5.74, 6) is -0.530. The molecule has 4 nitrogen and oxygen atoms in total. The lowest BCUT2D eigenvalue weighted by Gasteiger charge is -2.08. The van der Waals surface area contributed by atoms with Crippen LogP contribution in [0.3, 0.4) is 0 Å². The van der Waals surface area contributed by atoms with Crippen molar-refractivity contribution in [2.75, 3.05) is 5.32 Å². The predicted molar refractivity (Wildman–Crippen MR) is 83.4 cm³/mol. The molecule has 1 aromatic carbocycles. The van der Waals surface area contributed by atoms with Gasteiger partial charge in [0.1, 0.15) is 5.01 Å². The van der Waals surface area contributed by atoms with E-state index in [0.29, 0.717) is 11.6 Å². The highest BCUT2D eigenvalue weighted by Crippen LogP contribution is 2.32. The number of amides is 1. The molecule has 2 aromatic rings. The van der Waals surface area contributed by atoms with E-state index in [2.05, 4.69) is 15.5 Å². The molecule has 0 bridgehead atoms. The molecule has 0 saturated carbocycles. The fourth-order valence-corrected chi connectivity index (χ4v) is 2.47. The van der Waals surface area contributed by atoms with Gasteiger partial charge in [-0.05, 0) is 36.3 Å². The molecule has 9 heteroatoms. The number of alkyl halides is 3. The van der Waals surface area contributed by atoms with E-state index in [9.17, 15) is 18.0 Å². The van der Waals surface area contributed by atoms with Crippen LogP contribution in [0.25, 0.3) is 6.08 Å². The average molecular weight is 362 g/mol. The summed E-state index contributed by atoms with van der Waals surface area (Å²) in [6.07, 6.45) is -1.47. The first-order valence-corrected chi connectivity index (χ1v) is 7.67. The van der Waals surface area contributed by atoms with E-state index in [1.54, 1.807) is 0 Å². The zero-order chi connectivity index (χ0) is 17.0. The molecule has 1 heterocycles. The predicted octanol–water partition coefficient (Wildman–Crippen LogP) is 4.42. The molecule has 0 radical (unpaired) electrons. The van der Waals surface area contributed by atoms with Gasteiger partial charge in [-0.15, -0.1) is 10.2 Å². The van der Waals surface area contributed by atoms with Crippen LogP contribution in [-0.2, 0) is 17.4 Å². The topological polar surface area (TPSA) is 54.9 Å². The Morgan fingerprint density at radius 1 is 1.39 bits per heavy atom. The molecular weight excluding hydrogens is 351 g/mol. The fourth-order valence-electron chi connectivity index (χ4n) is 1.61. The molecule has 0 aliphatic heterocycles. The summed E-state index contributed by atoms with van der Waals surface area (Å²) >= 11 is 7.07. The molecule has 23 heavy (non-hydrogen) atoms. The van der Waals surface area contributed by atoms with Gasteiger partial charge in [0, 0.05) is 11.1 Å². The maximum absolute atomic E-state index is 12.7. The maximum Gasteiger partial charge on any atom is 0.416 e. The summed E-state index contributed by atoms with van der Waals surface area (Å²) < 4.78 is 38.0. The number of carbonyl (C=O) groups is 1. The second-order valence-corrected chi connectivity index (χ2v) is 5.88. The van der Waals surface area contributed by atoms with E-state index < -0.39 is 17.6 Å². The Balaban J connectivity index is 2.11. The van der Waals surface area contributed by atoms with Crippen molar-refractivity contribution in [2.24, 2.45) is 0 Å². The van der Waals surface area contributed by atoms with Crippen LogP contribution in [0, 0.1) is 0 Å². The van der Waals surface area contributed by atoms with Gasteiger partial charge in [-0.2, -0.15) is 13.2 Å². The van der Waals surface area contributed by atoms with Crippen molar-refractivity contribution in [1.82, 2.24) is 10.2 Å². The summed E-state index contributed by atoms with van der Waals surface area (Å²) in [7, 11) is 0. The monoisotopic (exact) mass is 361 g/mol. The SMILES string of the molecule is CCc1nnc(NC(=O)/C=C/c2cc(C(F)(F)F)ccc2Cl)s1. The Morgan fingerprint density at radius 3 is 2.74 bits per heavy atom. The number of hydrogen-bond donors (Lipinski definition) is 1. The molecule has 0 aliphatic rings. The number of anilines is 1. The second kappa shape index (κ2) is 7.10. The van der Waals surface area contributed by atoms with E-state index in [-0.39, 0.29) is 10.6 Å². The molecule has 0 atom stereocenters. The number of aromatic nitrogens is 2. The molecule has 0 aliphatic carbocycles. The van der Waals surface area contributed by atoms with E-state index in [1.165, 1.54) is 17.4 Å². The van der Waals surface area contributed by atoms with Crippen molar-refractivity contribution >= 4 is 40.1 Å². The Hall–Kier alpha value is -1.93. The Morgan fingerprint density at radius 2 is 2.13 bits per heavy atom. The Kier molecular flexibility index (Phi) is 5.38. The first-order valence-electron chi connectivity index (χ1n) is 6.47. The molecule has 0 fully saturated rings. The number of benzene rings is 1. The van der Waals surface area contributed by atoms with Gasteiger partial charge in [-0.3, -0.25) is 10.1 Å². The molecular formula is C14H11ClF3N3OS. The van der Waals surface area contributed by atoms with Crippen LogP contribution >= 0.6 is 22.9 Å². The number of rotatable bonds is 4. The van der Waals surface area contributed by atoms with Gasteiger partial charge < -0.3 is 0 Å². The minimum absolute atomic E-state index is 0.100. The highest BCUT2D eigenvalue weighted by Gasteiger charge is 2.30. The summed E-state index contributed by atoms with van der Waals surface area (Å²) in [5, 5.41) is 11.3. The summed E-state index contributed by atoms with van der Waals surface area (Å²) in [4.78, 5) is 11.8. The smallest absolute Gasteiger partial charge is 0.297 e. The van der Waals surface area contributed by atoms with Crippen LogP contribution in [0.1, 0.15) is 23.1 Å². The van der Waals surface area contributed by atoms with Crippen LogP contribution in [0.5, 0.6) is 0 Å². The number of nitrogens with zero attached hydrogens (tertiary/aromatic N) is 2. The quantitative estimate of drug-likeness (QED) is 0.820. The van der Waals surface area contributed by atoms with E-state index in [1.807, 2.05) is 6.92 Å². The van der Waals surface area contributed by atoms with Gasteiger partial charge in [0.05, 0.1) is 5.56 Å². The standard InChI is InChI=1S/C14H11ClF3N3OS/c1-2-12-20-21-13(23-12)19-11(22)6-3-8-7-9(14(16,17)18)4-5-10(8)15/h3-7H,2H2,1H3,(H,19,21,22)/b6-3+. The zero-order valence-electron chi connectivity index (χ0n) is 11.8. The second-order valence-electron chi connectivity index (χ2n) is 4.41. The molecule has 122 valence electrons. The van der Waals surface area contributed by atoms with Crippen molar-refractivity contribution in [3.05, 3.63) is 45.4 Å². The molecule has 0 saturated heterocycles. The van der Waals surface area contributed by atoms with Gasteiger partial charge in [0.25, 0.3) is 0 Å². The van der Waals surface area contributed by atoms with Gasteiger partial charge in [0.2, 0.25) is 11.0 Å². The highest BCUT2D eigenvalue weighted by molar-refractivity contribution is 7.15. The third kappa shape index (κ3) is 4.77. The third-order valence-electron chi connectivity index (χ3n) is 2.74. The van der Waals surface area contributed by atoms with Crippen molar-refractivity contribution in [2.45, 2.75) is 19.5 Å². The highest BCUT2D eigenvalue weighted by atomic mass is 35.5. The minimum atomic E-state index is -4.47. The molecule has 0 spiro atoms. The zero-order valence-corrected chi connectivity index (χ0v) is 13.4. The lowest BCUT2D eigenvalue weighted by molar-refractivity contribution is -0.137. The minimum Gasteiger partial charge on any atom is -0.297 e. The number of hydrogen-bond acceptors (Lipinski definition) is 4.